The van der Waals surface area contributed by atoms with Gasteiger partial charge in [0.15, 0.2) is 0 Å². The van der Waals surface area contributed by atoms with Crippen molar-refractivity contribution < 1.29 is 4.79 Å². The zero-order valence-corrected chi connectivity index (χ0v) is 11.0. The minimum absolute atomic E-state index is 0.0181. The van der Waals surface area contributed by atoms with Crippen molar-refractivity contribution in [2.45, 2.75) is 27.2 Å². The molecule has 2 N–H and O–H groups in total. The minimum Gasteiger partial charge on any atom is -0.351 e. The first-order valence-corrected chi connectivity index (χ1v) is 6.21. The van der Waals surface area contributed by atoms with Crippen LogP contribution in [-0.4, -0.2) is 25.5 Å². The van der Waals surface area contributed by atoms with E-state index >= 15 is 0 Å². The number of carbonyl (C=O) groups excluding carboxylic acids is 1. The minimum atomic E-state index is 0.0181. The molecule has 1 rings (SSSR count). The summed E-state index contributed by atoms with van der Waals surface area (Å²) in [6.07, 6.45) is 1.12. The van der Waals surface area contributed by atoms with E-state index in [0.29, 0.717) is 6.54 Å². The van der Waals surface area contributed by atoms with Gasteiger partial charge in [-0.3, -0.25) is 4.79 Å². The molecule has 0 heterocycles. The summed E-state index contributed by atoms with van der Waals surface area (Å²) in [5.41, 5.74) is 2.92. The fraction of sp³-hybridized carbons (Fsp3) is 0.500. The molecule has 1 aromatic carbocycles. The zero-order chi connectivity index (χ0) is 12.7. The van der Waals surface area contributed by atoms with Crippen LogP contribution in [0.5, 0.6) is 0 Å². The number of carbonyl (C=O) groups is 1. The normalized spacial score (nSPS) is 10.3. The van der Waals surface area contributed by atoms with Gasteiger partial charge in [-0.05, 0) is 38.4 Å². The van der Waals surface area contributed by atoms with E-state index in [2.05, 4.69) is 17.6 Å². The molecule has 0 bridgehead atoms. The van der Waals surface area contributed by atoms with E-state index < -0.39 is 0 Å². The standard InChI is InChI=1S/C14H22N2O/c1-4-7-15-8-9-16-14(17)13-10-11(2)5-6-12(13)3/h5-6,10,15H,4,7-9H2,1-3H3,(H,16,17). The molecule has 17 heavy (non-hydrogen) atoms. The molecule has 1 amide bonds. The molecule has 3 nitrogen and oxygen atoms in total. The molecule has 0 unspecified atom stereocenters. The lowest BCUT2D eigenvalue weighted by atomic mass is 10.1. The fourth-order valence-corrected chi connectivity index (χ4v) is 1.64. The summed E-state index contributed by atoms with van der Waals surface area (Å²) >= 11 is 0. The van der Waals surface area contributed by atoms with Crippen LogP contribution < -0.4 is 10.6 Å². The molecule has 0 aromatic heterocycles. The van der Waals surface area contributed by atoms with Crippen LogP contribution in [0.15, 0.2) is 18.2 Å². The number of aryl methyl sites for hydroxylation is 2. The molecule has 0 spiro atoms. The largest absolute Gasteiger partial charge is 0.351 e. The van der Waals surface area contributed by atoms with Crippen molar-refractivity contribution in [1.29, 1.82) is 0 Å². The third kappa shape index (κ3) is 4.57. The lowest BCUT2D eigenvalue weighted by Gasteiger charge is -2.09. The van der Waals surface area contributed by atoms with Gasteiger partial charge in [0.1, 0.15) is 0 Å². The molecule has 0 fully saturated rings. The third-order valence-electron chi connectivity index (χ3n) is 2.65. The van der Waals surface area contributed by atoms with Gasteiger partial charge in [-0.25, -0.2) is 0 Å². The quantitative estimate of drug-likeness (QED) is 0.739. The maximum Gasteiger partial charge on any atom is 0.251 e. The first kappa shape index (κ1) is 13.7. The summed E-state index contributed by atoms with van der Waals surface area (Å²) in [5, 5.41) is 6.18. The van der Waals surface area contributed by atoms with Crippen molar-refractivity contribution in [3.63, 3.8) is 0 Å². The molecule has 3 heteroatoms. The van der Waals surface area contributed by atoms with Gasteiger partial charge < -0.3 is 10.6 Å². The summed E-state index contributed by atoms with van der Waals surface area (Å²) < 4.78 is 0. The van der Waals surface area contributed by atoms with Crippen molar-refractivity contribution >= 4 is 5.91 Å². The van der Waals surface area contributed by atoms with Crippen LogP contribution in [-0.2, 0) is 0 Å². The van der Waals surface area contributed by atoms with Crippen LogP contribution in [0.1, 0.15) is 34.8 Å². The van der Waals surface area contributed by atoms with E-state index in [-0.39, 0.29) is 5.91 Å². The number of hydrogen-bond acceptors (Lipinski definition) is 2. The predicted molar refractivity (Wildman–Crippen MR) is 71.4 cm³/mol. The Morgan fingerprint density at radius 2 is 1.94 bits per heavy atom. The number of nitrogens with one attached hydrogen (secondary N) is 2. The second-order valence-corrected chi connectivity index (χ2v) is 4.32. The fourth-order valence-electron chi connectivity index (χ4n) is 1.64. The van der Waals surface area contributed by atoms with Crippen LogP contribution in [0.4, 0.5) is 0 Å². The van der Waals surface area contributed by atoms with E-state index in [1.165, 1.54) is 0 Å². The second kappa shape index (κ2) is 7.07. The first-order chi connectivity index (χ1) is 8.15. The van der Waals surface area contributed by atoms with Gasteiger partial charge in [0.05, 0.1) is 0 Å². The molecule has 0 radical (unpaired) electrons. The van der Waals surface area contributed by atoms with Crippen molar-refractivity contribution in [2.24, 2.45) is 0 Å². The van der Waals surface area contributed by atoms with Gasteiger partial charge in [0.2, 0.25) is 0 Å². The van der Waals surface area contributed by atoms with Crippen molar-refractivity contribution in [3.05, 3.63) is 34.9 Å². The van der Waals surface area contributed by atoms with Crippen LogP contribution in [0.25, 0.3) is 0 Å². The Morgan fingerprint density at radius 1 is 1.18 bits per heavy atom. The highest BCUT2D eigenvalue weighted by Crippen LogP contribution is 2.10. The molecular weight excluding hydrogens is 212 g/mol. The lowest BCUT2D eigenvalue weighted by molar-refractivity contribution is 0.0953. The zero-order valence-electron chi connectivity index (χ0n) is 11.0. The maximum absolute atomic E-state index is 11.9. The highest BCUT2D eigenvalue weighted by atomic mass is 16.1. The van der Waals surface area contributed by atoms with Gasteiger partial charge in [-0.1, -0.05) is 24.6 Å². The third-order valence-corrected chi connectivity index (χ3v) is 2.65. The van der Waals surface area contributed by atoms with Crippen molar-refractivity contribution in [1.82, 2.24) is 10.6 Å². The van der Waals surface area contributed by atoms with E-state index in [9.17, 15) is 4.79 Å². The van der Waals surface area contributed by atoms with Gasteiger partial charge in [0.25, 0.3) is 5.91 Å². The maximum atomic E-state index is 11.9. The monoisotopic (exact) mass is 234 g/mol. The molecule has 0 aliphatic rings. The Kier molecular flexibility index (Phi) is 5.70. The number of hydrogen-bond donors (Lipinski definition) is 2. The Bertz CT molecular complexity index is 374. The molecular formula is C14H22N2O. The summed E-state index contributed by atoms with van der Waals surface area (Å²) in [4.78, 5) is 11.9. The number of rotatable bonds is 6. The van der Waals surface area contributed by atoms with Crippen LogP contribution in [0, 0.1) is 13.8 Å². The first-order valence-electron chi connectivity index (χ1n) is 6.21. The molecule has 0 atom stereocenters. The Morgan fingerprint density at radius 3 is 2.65 bits per heavy atom. The highest BCUT2D eigenvalue weighted by Gasteiger charge is 2.07. The smallest absolute Gasteiger partial charge is 0.251 e. The SMILES string of the molecule is CCCNCCNC(=O)c1cc(C)ccc1C. The second-order valence-electron chi connectivity index (χ2n) is 4.32. The van der Waals surface area contributed by atoms with Gasteiger partial charge in [0, 0.05) is 18.7 Å². The predicted octanol–water partition coefficient (Wildman–Crippen LogP) is 2.03. The summed E-state index contributed by atoms with van der Waals surface area (Å²) in [7, 11) is 0. The molecule has 0 saturated heterocycles. The van der Waals surface area contributed by atoms with Crippen LogP contribution in [0.2, 0.25) is 0 Å². The van der Waals surface area contributed by atoms with Crippen LogP contribution in [0.3, 0.4) is 0 Å². The van der Waals surface area contributed by atoms with E-state index in [1.807, 2.05) is 32.0 Å². The van der Waals surface area contributed by atoms with Gasteiger partial charge in [-0.2, -0.15) is 0 Å². The van der Waals surface area contributed by atoms with Crippen LogP contribution >= 0.6 is 0 Å². The molecule has 94 valence electrons. The average Bonchev–Trinajstić information content (AvgIpc) is 2.32. The number of amides is 1. The summed E-state index contributed by atoms with van der Waals surface area (Å²) in [6.45, 7) is 8.58. The number of benzene rings is 1. The summed E-state index contributed by atoms with van der Waals surface area (Å²) in [5.74, 6) is 0.0181. The lowest BCUT2D eigenvalue weighted by Crippen LogP contribution is -2.32. The summed E-state index contributed by atoms with van der Waals surface area (Å²) in [6, 6.07) is 5.94. The van der Waals surface area contributed by atoms with E-state index in [0.717, 1.165) is 36.2 Å². The van der Waals surface area contributed by atoms with Crippen molar-refractivity contribution in [2.75, 3.05) is 19.6 Å². The Balaban J connectivity index is 2.44. The van der Waals surface area contributed by atoms with Gasteiger partial charge >= 0.3 is 0 Å². The molecule has 0 saturated carbocycles. The van der Waals surface area contributed by atoms with E-state index in [4.69, 9.17) is 0 Å². The molecule has 0 aliphatic carbocycles. The van der Waals surface area contributed by atoms with Crippen molar-refractivity contribution in [3.8, 4) is 0 Å². The topological polar surface area (TPSA) is 41.1 Å². The average molecular weight is 234 g/mol. The Labute approximate surface area is 104 Å². The molecule has 0 aliphatic heterocycles. The Hall–Kier alpha value is -1.35. The highest BCUT2D eigenvalue weighted by molar-refractivity contribution is 5.95. The molecule has 1 aromatic rings. The van der Waals surface area contributed by atoms with Gasteiger partial charge in [-0.15, -0.1) is 0 Å². The van der Waals surface area contributed by atoms with E-state index in [1.54, 1.807) is 0 Å².